The molecule has 1 aliphatic carbocycles. The molecule has 2 atom stereocenters. The fraction of sp³-hybridized carbons (Fsp3) is 0.344. The van der Waals surface area contributed by atoms with Crippen LogP contribution in [0.15, 0.2) is 72.8 Å². The van der Waals surface area contributed by atoms with Crippen molar-refractivity contribution in [1.82, 2.24) is 10.2 Å². The van der Waals surface area contributed by atoms with Crippen molar-refractivity contribution in [1.29, 1.82) is 0 Å². The van der Waals surface area contributed by atoms with Gasteiger partial charge in [-0.3, -0.25) is 9.59 Å². The van der Waals surface area contributed by atoms with Crippen LogP contribution in [0.25, 0.3) is 11.1 Å². The maximum absolute atomic E-state index is 15.5. The Morgan fingerprint density at radius 3 is 2.42 bits per heavy atom. The van der Waals surface area contributed by atoms with Gasteiger partial charge in [0.05, 0.1) is 19.7 Å². The molecular weight excluding hydrogens is 511 g/mol. The number of hydrogen-bond donors (Lipinski definition) is 1. The molecular formula is C32H33FN2O5. The molecule has 2 amide bonds. The summed E-state index contributed by atoms with van der Waals surface area (Å²) in [6.45, 7) is 3.28. The normalized spacial score (nSPS) is 20.5. The standard InChI is InChI=1S/C32H33FN2O5/c1-31(2)25-12-8-7-11-23(25)24-14-13-22(15-26(24)31)29(37)34-17-28(36)35-19-32(33,20-39-3)16-27(35)30(38)40-18-21-9-5-4-6-10-21/h4-15,27H,16-20H2,1-3H3,(H,34,37)/t27-,32+/m0/s1. The molecule has 208 valence electrons. The van der Waals surface area contributed by atoms with Gasteiger partial charge in [0.25, 0.3) is 5.91 Å². The third kappa shape index (κ3) is 5.23. The van der Waals surface area contributed by atoms with Gasteiger partial charge in [-0.1, -0.05) is 74.5 Å². The lowest BCUT2D eigenvalue weighted by Gasteiger charge is -2.24. The van der Waals surface area contributed by atoms with E-state index in [0.717, 1.165) is 27.2 Å². The highest BCUT2D eigenvalue weighted by molar-refractivity contribution is 5.98. The summed E-state index contributed by atoms with van der Waals surface area (Å²) in [7, 11) is 1.37. The van der Waals surface area contributed by atoms with E-state index in [4.69, 9.17) is 9.47 Å². The number of benzene rings is 3. The van der Waals surface area contributed by atoms with Gasteiger partial charge < -0.3 is 19.7 Å². The van der Waals surface area contributed by atoms with Crippen molar-refractivity contribution in [2.24, 2.45) is 0 Å². The molecule has 2 aliphatic rings. The van der Waals surface area contributed by atoms with E-state index in [1.165, 1.54) is 12.7 Å². The van der Waals surface area contributed by atoms with Crippen LogP contribution in [-0.2, 0) is 31.1 Å². The SMILES string of the molecule is COC[C@@]1(F)C[C@@H](C(=O)OCc2ccccc2)N(C(=O)CNC(=O)c2ccc3c(c2)C(C)(C)c2ccccc2-3)C1. The Kier molecular flexibility index (Phi) is 7.47. The second-order valence-electron chi connectivity index (χ2n) is 11.0. The van der Waals surface area contributed by atoms with E-state index >= 15 is 4.39 Å². The monoisotopic (exact) mass is 544 g/mol. The minimum atomic E-state index is -1.90. The third-order valence-corrected chi connectivity index (χ3v) is 7.85. The molecule has 0 unspecified atom stereocenters. The Bertz CT molecular complexity index is 1440. The van der Waals surface area contributed by atoms with Crippen LogP contribution in [-0.4, -0.2) is 61.2 Å². The number of likely N-dealkylation sites (tertiary alicyclic amines) is 1. The lowest BCUT2D eigenvalue weighted by atomic mass is 9.82. The van der Waals surface area contributed by atoms with Crippen molar-refractivity contribution in [2.75, 3.05) is 26.8 Å². The molecule has 0 radical (unpaired) electrons. The summed E-state index contributed by atoms with van der Waals surface area (Å²) < 4.78 is 25.9. The molecule has 1 heterocycles. The van der Waals surface area contributed by atoms with Crippen molar-refractivity contribution in [3.63, 3.8) is 0 Å². The molecule has 1 aliphatic heterocycles. The Balaban J connectivity index is 1.27. The Labute approximate surface area is 233 Å². The molecule has 3 aromatic rings. The fourth-order valence-electron chi connectivity index (χ4n) is 5.80. The van der Waals surface area contributed by atoms with Crippen molar-refractivity contribution >= 4 is 17.8 Å². The Morgan fingerprint density at radius 1 is 0.975 bits per heavy atom. The number of nitrogens with one attached hydrogen (secondary N) is 1. The average Bonchev–Trinajstić information content (AvgIpc) is 3.42. The summed E-state index contributed by atoms with van der Waals surface area (Å²) in [6.07, 6.45) is -0.241. The lowest BCUT2D eigenvalue weighted by Crippen LogP contribution is -2.46. The number of hydrogen-bond acceptors (Lipinski definition) is 5. The molecule has 7 nitrogen and oxygen atoms in total. The van der Waals surface area contributed by atoms with Crippen LogP contribution < -0.4 is 5.32 Å². The summed E-state index contributed by atoms with van der Waals surface area (Å²) in [6, 6.07) is 21.7. The molecule has 5 rings (SSSR count). The van der Waals surface area contributed by atoms with Crippen LogP contribution in [0.4, 0.5) is 4.39 Å². The van der Waals surface area contributed by atoms with E-state index < -0.39 is 29.5 Å². The number of carbonyl (C=O) groups is 3. The number of methoxy groups -OCH3 is 1. The highest BCUT2D eigenvalue weighted by Crippen LogP contribution is 2.48. The smallest absolute Gasteiger partial charge is 0.329 e. The van der Waals surface area contributed by atoms with Crippen LogP contribution in [0, 0.1) is 0 Å². The number of amides is 2. The number of esters is 1. The Hall–Kier alpha value is -4.04. The van der Waals surface area contributed by atoms with Crippen LogP contribution in [0.3, 0.4) is 0 Å². The van der Waals surface area contributed by atoms with Gasteiger partial charge in [0.1, 0.15) is 12.6 Å². The van der Waals surface area contributed by atoms with E-state index in [1.54, 1.807) is 6.07 Å². The molecule has 0 aromatic heterocycles. The maximum Gasteiger partial charge on any atom is 0.329 e. The van der Waals surface area contributed by atoms with E-state index in [1.807, 2.05) is 54.6 Å². The third-order valence-electron chi connectivity index (χ3n) is 7.85. The molecule has 1 fully saturated rings. The zero-order valence-electron chi connectivity index (χ0n) is 22.9. The molecule has 1 N–H and O–H groups in total. The van der Waals surface area contributed by atoms with Crippen LogP contribution in [0.2, 0.25) is 0 Å². The average molecular weight is 545 g/mol. The lowest BCUT2D eigenvalue weighted by molar-refractivity contribution is -0.154. The van der Waals surface area contributed by atoms with Gasteiger partial charge in [-0.15, -0.1) is 0 Å². The number of nitrogens with zero attached hydrogens (tertiary/aromatic N) is 1. The van der Waals surface area contributed by atoms with E-state index in [-0.39, 0.29) is 38.1 Å². The molecule has 1 saturated heterocycles. The number of halogens is 1. The summed E-state index contributed by atoms with van der Waals surface area (Å²) in [5.41, 5.74) is 3.50. The summed E-state index contributed by atoms with van der Waals surface area (Å²) in [5, 5.41) is 2.66. The first kappa shape index (κ1) is 27.5. The van der Waals surface area contributed by atoms with Crippen molar-refractivity contribution in [3.8, 4) is 11.1 Å². The predicted molar refractivity (Wildman–Crippen MR) is 148 cm³/mol. The number of ether oxygens (including phenoxy) is 2. The quantitative estimate of drug-likeness (QED) is 0.425. The molecule has 3 aromatic carbocycles. The first-order valence-corrected chi connectivity index (χ1v) is 13.3. The summed E-state index contributed by atoms with van der Waals surface area (Å²) >= 11 is 0. The van der Waals surface area contributed by atoms with Crippen LogP contribution in [0.1, 0.15) is 47.3 Å². The van der Waals surface area contributed by atoms with Crippen molar-refractivity contribution in [2.45, 2.75) is 44.0 Å². The molecule has 0 spiro atoms. The first-order valence-electron chi connectivity index (χ1n) is 13.3. The number of alkyl halides is 1. The number of carbonyl (C=O) groups excluding carboxylic acids is 3. The van der Waals surface area contributed by atoms with Gasteiger partial charge in [0, 0.05) is 24.5 Å². The molecule has 40 heavy (non-hydrogen) atoms. The first-order chi connectivity index (χ1) is 19.1. The van der Waals surface area contributed by atoms with Crippen molar-refractivity contribution < 1.29 is 28.2 Å². The largest absolute Gasteiger partial charge is 0.459 e. The molecule has 8 heteroatoms. The van der Waals surface area contributed by atoms with Gasteiger partial charge in [-0.05, 0) is 39.9 Å². The zero-order chi connectivity index (χ0) is 28.5. The van der Waals surface area contributed by atoms with E-state index in [0.29, 0.717) is 5.56 Å². The molecule has 0 saturated carbocycles. The minimum Gasteiger partial charge on any atom is -0.459 e. The Morgan fingerprint density at radius 2 is 1.68 bits per heavy atom. The summed E-state index contributed by atoms with van der Waals surface area (Å²) in [4.78, 5) is 40.4. The van der Waals surface area contributed by atoms with Crippen LogP contribution in [0.5, 0.6) is 0 Å². The van der Waals surface area contributed by atoms with E-state index in [2.05, 4.69) is 31.3 Å². The zero-order valence-corrected chi connectivity index (χ0v) is 22.9. The topological polar surface area (TPSA) is 84.9 Å². The van der Waals surface area contributed by atoms with Crippen molar-refractivity contribution in [3.05, 3.63) is 95.1 Å². The fourth-order valence-corrected chi connectivity index (χ4v) is 5.80. The van der Waals surface area contributed by atoms with Gasteiger partial charge in [0.15, 0.2) is 5.67 Å². The van der Waals surface area contributed by atoms with Gasteiger partial charge in [0.2, 0.25) is 5.91 Å². The number of fused-ring (bicyclic) bond motifs is 3. The predicted octanol–water partition coefficient (Wildman–Crippen LogP) is 4.42. The van der Waals surface area contributed by atoms with Gasteiger partial charge in [-0.25, -0.2) is 9.18 Å². The van der Waals surface area contributed by atoms with Gasteiger partial charge in [-0.2, -0.15) is 0 Å². The van der Waals surface area contributed by atoms with Crippen LogP contribution >= 0.6 is 0 Å². The second kappa shape index (κ2) is 10.8. The second-order valence-corrected chi connectivity index (χ2v) is 11.0. The maximum atomic E-state index is 15.5. The summed E-state index contributed by atoms with van der Waals surface area (Å²) in [5.74, 6) is -1.69. The highest BCUT2D eigenvalue weighted by atomic mass is 19.1. The minimum absolute atomic E-state index is 0.0110. The number of rotatable bonds is 8. The highest BCUT2D eigenvalue weighted by Gasteiger charge is 2.50. The van der Waals surface area contributed by atoms with E-state index in [9.17, 15) is 14.4 Å². The van der Waals surface area contributed by atoms with Gasteiger partial charge >= 0.3 is 5.97 Å². The molecule has 0 bridgehead atoms.